The third-order valence-corrected chi connectivity index (χ3v) is 4.49. The van der Waals surface area contributed by atoms with Crippen LogP contribution in [0.1, 0.15) is 16.7 Å². The van der Waals surface area contributed by atoms with Crippen LogP contribution in [0.25, 0.3) is 0 Å². The molecular weight excluding hydrogens is 588 g/mol. The molecule has 0 fully saturated rings. The Morgan fingerprint density at radius 3 is 0.800 bits per heavy atom. The van der Waals surface area contributed by atoms with Gasteiger partial charge < -0.3 is 31.3 Å². The predicted octanol–water partition coefficient (Wildman–Crippen LogP) is 5.54. The minimum atomic E-state index is -0.995. The second kappa shape index (κ2) is 29.1. The van der Waals surface area contributed by atoms with E-state index >= 15 is 0 Å². The molecule has 6 N–H and O–H groups in total. The molecule has 0 aromatic heterocycles. The lowest BCUT2D eigenvalue weighted by Gasteiger charge is -1.92. The molecule has 3 rings (SSSR count). The number of hydrogen-bond acceptors (Lipinski definition) is 9. The van der Waals surface area contributed by atoms with E-state index in [0.717, 1.165) is 16.7 Å². The van der Waals surface area contributed by atoms with E-state index in [4.69, 9.17) is 15.3 Å². The first-order valence-electron chi connectivity index (χ1n) is 12.5. The Labute approximate surface area is 260 Å². The van der Waals surface area contributed by atoms with Crippen molar-refractivity contribution < 1.29 is 44.1 Å². The Morgan fingerprint density at radius 2 is 0.667 bits per heavy atom. The van der Waals surface area contributed by atoms with Crippen LogP contribution in [-0.2, 0) is 14.4 Å². The lowest BCUT2D eigenvalue weighted by atomic mass is 10.2. The number of aryl methyl sites for hydroxylation is 3. The van der Waals surface area contributed by atoms with Crippen molar-refractivity contribution in [1.82, 2.24) is 16.0 Å². The van der Waals surface area contributed by atoms with Crippen molar-refractivity contribution in [1.29, 1.82) is 0 Å². The van der Waals surface area contributed by atoms with E-state index in [0.29, 0.717) is 17.1 Å². The SMILES string of the molecule is CNC(=O)O.CNC(=O)O.CNC(=O)O.Cc1ccccc1N=C=O.Cc1ccccc1N=C=O.Cc1ccccc1N=C=O. The van der Waals surface area contributed by atoms with E-state index in [9.17, 15) is 28.8 Å². The van der Waals surface area contributed by atoms with Crippen LogP contribution < -0.4 is 16.0 Å². The maximum atomic E-state index is 9.83. The highest BCUT2D eigenvalue weighted by Gasteiger charge is 1.92. The van der Waals surface area contributed by atoms with Gasteiger partial charge in [0.05, 0.1) is 17.1 Å². The number of carbonyl (C=O) groups is 3. The van der Waals surface area contributed by atoms with Gasteiger partial charge in [0.15, 0.2) is 0 Å². The van der Waals surface area contributed by atoms with Crippen molar-refractivity contribution in [2.75, 3.05) is 21.1 Å². The number of nitrogens with zero attached hydrogens (tertiary/aromatic N) is 3. The molecule has 0 spiro atoms. The minimum Gasteiger partial charge on any atom is -0.465 e. The highest BCUT2D eigenvalue weighted by Crippen LogP contribution is 2.16. The molecule has 0 saturated heterocycles. The molecule has 240 valence electrons. The topological polar surface area (TPSA) is 236 Å². The molecule has 3 aromatic rings. The fourth-order valence-corrected chi connectivity index (χ4v) is 2.21. The molecule has 0 saturated carbocycles. The predicted molar refractivity (Wildman–Crippen MR) is 168 cm³/mol. The fourth-order valence-electron chi connectivity index (χ4n) is 2.21. The Balaban J connectivity index is -0.000000486. The van der Waals surface area contributed by atoms with Gasteiger partial charge in [-0.2, -0.15) is 15.0 Å². The minimum absolute atomic E-state index is 0.692. The van der Waals surface area contributed by atoms with Crippen molar-refractivity contribution >= 4 is 53.6 Å². The highest BCUT2D eigenvalue weighted by atomic mass is 16.4. The van der Waals surface area contributed by atoms with Gasteiger partial charge in [-0.25, -0.2) is 28.8 Å². The van der Waals surface area contributed by atoms with Crippen LogP contribution >= 0.6 is 0 Å². The van der Waals surface area contributed by atoms with Gasteiger partial charge in [0.1, 0.15) is 0 Å². The van der Waals surface area contributed by atoms with Crippen LogP contribution in [0.3, 0.4) is 0 Å². The van der Waals surface area contributed by atoms with Gasteiger partial charge in [0.25, 0.3) is 0 Å². The molecule has 3 aromatic carbocycles. The number of amides is 3. The Bertz CT molecular complexity index is 1290. The molecule has 0 heterocycles. The zero-order valence-corrected chi connectivity index (χ0v) is 25.6. The van der Waals surface area contributed by atoms with E-state index in [1.54, 1.807) is 18.2 Å². The van der Waals surface area contributed by atoms with Crippen molar-refractivity contribution in [3.05, 3.63) is 89.5 Å². The molecule has 3 amide bonds. The van der Waals surface area contributed by atoms with Crippen LogP contribution in [0.15, 0.2) is 87.8 Å². The monoisotopic (exact) mass is 624 g/mol. The average molecular weight is 625 g/mol. The van der Waals surface area contributed by atoms with Crippen molar-refractivity contribution in [3.8, 4) is 0 Å². The molecule has 0 bridgehead atoms. The average Bonchev–Trinajstić information content (AvgIpc) is 3.02. The molecule has 15 nitrogen and oxygen atoms in total. The third kappa shape index (κ3) is 27.5. The van der Waals surface area contributed by atoms with Gasteiger partial charge in [0.2, 0.25) is 18.2 Å². The summed E-state index contributed by atoms with van der Waals surface area (Å²) in [6.07, 6.45) is 1.51. The fraction of sp³-hybridized carbons (Fsp3) is 0.200. The maximum Gasteiger partial charge on any atom is 0.404 e. The smallest absolute Gasteiger partial charge is 0.404 e. The molecule has 45 heavy (non-hydrogen) atoms. The van der Waals surface area contributed by atoms with Gasteiger partial charge in [-0.15, -0.1) is 0 Å². The first kappa shape index (κ1) is 43.1. The standard InChI is InChI=1S/3C8H7NO.3C2H5NO2/c3*1-7-4-2-3-5-8(7)9-6-10;3*1-3-2(4)5/h3*2-5H,1H3;3*3H,1H3,(H,4,5). The zero-order chi connectivity index (χ0) is 35.0. The number of nitrogens with one attached hydrogen (secondary N) is 3. The van der Waals surface area contributed by atoms with Gasteiger partial charge in [-0.05, 0) is 55.7 Å². The Kier molecular flexibility index (Phi) is 27.9. The summed E-state index contributed by atoms with van der Waals surface area (Å²) in [4.78, 5) is 67.8. The normalized spacial score (nSPS) is 7.87. The molecule has 0 atom stereocenters. The quantitative estimate of drug-likeness (QED) is 0.158. The van der Waals surface area contributed by atoms with Crippen LogP contribution in [-0.4, -0.2) is 73.0 Å². The van der Waals surface area contributed by atoms with Crippen LogP contribution in [0.4, 0.5) is 31.4 Å². The van der Waals surface area contributed by atoms with Crippen molar-refractivity contribution in [2.45, 2.75) is 20.8 Å². The Morgan fingerprint density at radius 1 is 0.489 bits per heavy atom. The van der Waals surface area contributed by atoms with Gasteiger partial charge in [0, 0.05) is 21.1 Å². The molecule has 0 aliphatic heterocycles. The summed E-state index contributed by atoms with van der Waals surface area (Å²) in [5.41, 5.74) is 5.05. The molecular formula is C30H36N6O9. The lowest BCUT2D eigenvalue weighted by molar-refractivity contribution is 0.196. The van der Waals surface area contributed by atoms with Gasteiger partial charge in [-0.1, -0.05) is 54.6 Å². The van der Waals surface area contributed by atoms with Crippen LogP contribution in [0.5, 0.6) is 0 Å². The number of para-hydroxylation sites is 3. The summed E-state index contributed by atoms with van der Waals surface area (Å²) >= 11 is 0. The number of isocyanates is 3. The zero-order valence-electron chi connectivity index (χ0n) is 25.6. The van der Waals surface area contributed by atoms with E-state index in [1.165, 1.54) is 39.4 Å². The molecule has 15 heteroatoms. The summed E-state index contributed by atoms with van der Waals surface area (Å²) in [6.45, 7) is 5.70. The third-order valence-electron chi connectivity index (χ3n) is 4.49. The number of hydrogen-bond donors (Lipinski definition) is 6. The van der Waals surface area contributed by atoms with E-state index < -0.39 is 18.3 Å². The Hall–Kier alpha value is -6.39. The van der Waals surface area contributed by atoms with Gasteiger partial charge >= 0.3 is 18.3 Å². The molecule has 0 radical (unpaired) electrons. The number of carboxylic acid groups (broad SMARTS) is 3. The maximum absolute atomic E-state index is 9.83. The van der Waals surface area contributed by atoms with Crippen LogP contribution in [0, 0.1) is 20.8 Å². The first-order chi connectivity index (χ1) is 21.3. The lowest BCUT2D eigenvalue weighted by Crippen LogP contribution is -2.13. The van der Waals surface area contributed by atoms with E-state index in [-0.39, 0.29) is 0 Å². The van der Waals surface area contributed by atoms with E-state index in [1.807, 2.05) is 91.3 Å². The molecule has 0 aliphatic carbocycles. The number of carbonyl (C=O) groups excluding carboxylic acids is 3. The number of rotatable bonds is 3. The van der Waals surface area contributed by atoms with Crippen LogP contribution in [0.2, 0.25) is 0 Å². The number of benzene rings is 3. The summed E-state index contributed by atoms with van der Waals surface area (Å²) in [7, 11) is 4.05. The van der Waals surface area contributed by atoms with Crippen molar-refractivity contribution in [2.24, 2.45) is 15.0 Å². The molecule has 0 unspecified atom stereocenters. The molecule has 0 aliphatic rings. The summed E-state index contributed by atoms with van der Waals surface area (Å²) in [6, 6.07) is 22.2. The highest BCUT2D eigenvalue weighted by molar-refractivity contribution is 5.64. The summed E-state index contributed by atoms with van der Waals surface area (Å²) in [5, 5.41) is 28.7. The number of aliphatic imine (C=N–C) groups is 3. The second-order valence-electron chi connectivity index (χ2n) is 7.63. The second-order valence-corrected chi connectivity index (χ2v) is 7.63. The summed E-state index contributed by atoms with van der Waals surface area (Å²) < 4.78 is 0. The first-order valence-corrected chi connectivity index (χ1v) is 12.5. The van der Waals surface area contributed by atoms with E-state index in [2.05, 4.69) is 15.0 Å². The van der Waals surface area contributed by atoms with Gasteiger partial charge in [-0.3, -0.25) is 0 Å². The van der Waals surface area contributed by atoms with Crippen molar-refractivity contribution in [3.63, 3.8) is 0 Å². The summed E-state index contributed by atoms with van der Waals surface area (Å²) in [5.74, 6) is 0. The largest absolute Gasteiger partial charge is 0.465 e.